The molecule has 0 radical (unpaired) electrons. The zero-order chi connectivity index (χ0) is 26.8. The first-order chi connectivity index (χ1) is 19.1. The van der Waals surface area contributed by atoms with Gasteiger partial charge in [0, 0.05) is 43.0 Å². The summed E-state index contributed by atoms with van der Waals surface area (Å²) in [6.07, 6.45) is 1.71. The lowest BCUT2D eigenvalue weighted by molar-refractivity contribution is 0.0347. The summed E-state index contributed by atoms with van der Waals surface area (Å²) >= 11 is 1.35. The fourth-order valence-corrected chi connectivity index (χ4v) is 6.24. The van der Waals surface area contributed by atoms with Crippen LogP contribution in [0.15, 0.2) is 48.5 Å². The molecule has 0 unspecified atom stereocenters. The number of benzene rings is 2. The molecule has 200 valence electrons. The summed E-state index contributed by atoms with van der Waals surface area (Å²) in [5.74, 6) is 0.564. The number of aromatic carboxylic acids is 1. The number of hydrogen-bond acceptors (Lipinski definition) is 8. The van der Waals surface area contributed by atoms with Gasteiger partial charge in [-0.15, -0.1) is 21.5 Å². The number of aromatic amines is 1. The van der Waals surface area contributed by atoms with Gasteiger partial charge < -0.3 is 14.4 Å². The molecule has 10 nitrogen and oxygen atoms in total. The lowest BCUT2D eigenvalue weighted by Gasteiger charge is -2.25. The van der Waals surface area contributed by atoms with Gasteiger partial charge in [-0.3, -0.25) is 4.90 Å². The Hall–Kier alpha value is -3.93. The van der Waals surface area contributed by atoms with Crippen LogP contribution in [0.1, 0.15) is 39.3 Å². The molecular weight excluding hydrogens is 514 g/mol. The Balaban J connectivity index is 1.35. The van der Waals surface area contributed by atoms with Gasteiger partial charge in [-0.05, 0) is 28.3 Å². The van der Waals surface area contributed by atoms with E-state index >= 15 is 0 Å². The lowest BCUT2D eigenvalue weighted by atomic mass is 9.98. The molecule has 4 heterocycles. The number of imidazole rings is 1. The van der Waals surface area contributed by atoms with Crippen molar-refractivity contribution in [1.29, 1.82) is 0 Å². The summed E-state index contributed by atoms with van der Waals surface area (Å²) in [5, 5.41) is 24.6. The van der Waals surface area contributed by atoms with Gasteiger partial charge in [0.2, 0.25) is 5.82 Å². The number of aryl methyl sites for hydroxylation is 1. The third-order valence-electron chi connectivity index (χ3n) is 7.01. The molecule has 0 aliphatic carbocycles. The highest BCUT2D eigenvalue weighted by Gasteiger charge is 2.26. The van der Waals surface area contributed by atoms with Crippen molar-refractivity contribution in [3.63, 3.8) is 0 Å². The fraction of sp³-hybridized carbons (Fsp3) is 0.321. The van der Waals surface area contributed by atoms with Crippen molar-refractivity contribution >= 4 is 28.3 Å². The largest absolute Gasteiger partial charge is 0.477 e. The number of carbonyl (C=O) groups is 1. The number of morpholine rings is 1. The smallest absolute Gasteiger partial charge is 0.348 e. The quantitative estimate of drug-likeness (QED) is 0.279. The van der Waals surface area contributed by atoms with Crippen LogP contribution >= 0.6 is 11.3 Å². The van der Waals surface area contributed by atoms with Crippen LogP contribution in [-0.4, -0.2) is 72.5 Å². The molecule has 1 aliphatic heterocycles. The number of H-pyrrole nitrogens is 1. The van der Waals surface area contributed by atoms with Crippen molar-refractivity contribution in [2.75, 3.05) is 26.3 Å². The van der Waals surface area contributed by atoms with E-state index in [9.17, 15) is 9.90 Å². The summed E-state index contributed by atoms with van der Waals surface area (Å²) in [6, 6.07) is 16.3. The van der Waals surface area contributed by atoms with Gasteiger partial charge in [0.05, 0.1) is 18.7 Å². The number of carboxylic acids is 1. The monoisotopic (exact) mass is 543 g/mol. The van der Waals surface area contributed by atoms with Gasteiger partial charge in [0.15, 0.2) is 0 Å². The number of fused-ring (bicyclic) bond motifs is 1. The molecular formula is C28H29N7O3S. The van der Waals surface area contributed by atoms with Gasteiger partial charge in [-0.2, -0.15) is 5.21 Å². The Kier molecular flexibility index (Phi) is 7.18. The molecule has 39 heavy (non-hydrogen) atoms. The first-order valence-electron chi connectivity index (χ1n) is 13.1. The Morgan fingerprint density at radius 3 is 2.54 bits per heavy atom. The number of nitrogens with zero attached hydrogens (tertiary/aromatic N) is 6. The molecule has 0 spiro atoms. The Morgan fingerprint density at radius 2 is 1.85 bits per heavy atom. The Labute approximate surface area is 229 Å². The van der Waals surface area contributed by atoms with E-state index in [2.05, 4.69) is 61.3 Å². The van der Waals surface area contributed by atoms with Gasteiger partial charge in [-0.25, -0.2) is 9.78 Å². The molecule has 0 amide bonds. The van der Waals surface area contributed by atoms with Gasteiger partial charge in [-0.1, -0.05) is 55.5 Å². The van der Waals surface area contributed by atoms with E-state index < -0.39 is 5.97 Å². The average molecular weight is 544 g/mol. The van der Waals surface area contributed by atoms with Crippen LogP contribution in [-0.2, 0) is 24.2 Å². The predicted octanol–water partition coefficient (Wildman–Crippen LogP) is 4.48. The molecule has 5 aromatic rings. The van der Waals surface area contributed by atoms with Crippen LogP contribution in [0, 0.1) is 0 Å². The van der Waals surface area contributed by atoms with E-state index in [-0.39, 0.29) is 0 Å². The predicted molar refractivity (Wildman–Crippen MR) is 149 cm³/mol. The molecule has 1 fully saturated rings. The molecule has 11 heteroatoms. The molecule has 3 aromatic heterocycles. The van der Waals surface area contributed by atoms with Crippen molar-refractivity contribution in [3.05, 3.63) is 69.7 Å². The first-order valence-corrected chi connectivity index (χ1v) is 13.9. The van der Waals surface area contributed by atoms with Crippen LogP contribution < -0.4 is 0 Å². The van der Waals surface area contributed by atoms with E-state index in [1.807, 2.05) is 24.3 Å². The molecule has 1 aliphatic rings. The standard InChI is InChI=1S/C28H29N7O3S/c1-2-5-23-29-24-22(17-34-12-14-38-15-13-34)39-26(28(36)37)25(24)35(23)16-18-8-10-19(11-9-18)20-6-3-4-7-21(20)27-30-32-33-31-27/h3-4,6-11H,2,5,12-17H2,1H3,(H,36,37)(H,30,31,32,33). The highest BCUT2D eigenvalue weighted by Crippen LogP contribution is 2.35. The maximum absolute atomic E-state index is 12.3. The van der Waals surface area contributed by atoms with Crippen LogP contribution in [0.5, 0.6) is 0 Å². The summed E-state index contributed by atoms with van der Waals surface area (Å²) in [6.45, 7) is 6.44. The third-order valence-corrected chi connectivity index (χ3v) is 8.15. The second kappa shape index (κ2) is 11.0. The number of hydrogen-bond donors (Lipinski definition) is 2. The van der Waals surface area contributed by atoms with Crippen molar-refractivity contribution in [2.45, 2.75) is 32.9 Å². The molecule has 2 N–H and O–H groups in total. The summed E-state index contributed by atoms with van der Waals surface area (Å²) in [5.41, 5.74) is 5.57. The maximum atomic E-state index is 12.3. The molecule has 0 atom stereocenters. The fourth-order valence-electron chi connectivity index (χ4n) is 5.12. The number of rotatable bonds is 9. The minimum atomic E-state index is -0.907. The van der Waals surface area contributed by atoms with E-state index in [1.165, 1.54) is 11.3 Å². The minimum Gasteiger partial charge on any atom is -0.477 e. The SMILES string of the molecule is CCCc1nc2c(CN3CCOCC3)sc(C(=O)O)c2n1Cc1ccc(-c2ccccc2-c2nn[nH]n2)cc1. The van der Waals surface area contributed by atoms with Crippen molar-refractivity contribution in [2.24, 2.45) is 0 Å². The normalized spacial score (nSPS) is 14.3. The summed E-state index contributed by atoms with van der Waals surface area (Å²) < 4.78 is 7.59. The van der Waals surface area contributed by atoms with Gasteiger partial charge in [0.25, 0.3) is 0 Å². The second-order valence-corrected chi connectivity index (χ2v) is 10.7. The van der Waals surface area contributed by atoms with E-state index in [0.717, 1.165) is 69.9 Å². The zero-order valence-corrected chi connectivity index (χ0v) is 22.4. The van der Waals surface area contributed by atoms with E-state index in [0.29, 0.717) is 37.0 Å². The number of carboxylic acid groups (broad SMARTS) is 1. The molecule has 0 bridgehead atoms. The Bertz CT molecular complexity index is 1590. The van der Waals surface area contributed by atoms with Crippen LogP contribution in [0.25, 0.3) is 33.5 Å². The molecule has 2 aromatic carbocycles. The van der Waals surface area contributed by atoms with Crippen molar-refractivity contribution in [1.82, 2.24) is 35.1 Å². The lowest BCUT2D eigenvalue weighted by Crippen LogP contribution is -2.35. The molecule has 0 saturated carbocycles. The number of nitrogens with one attached hydrogen (secondary N) is 1. The van der Waals surface area contributed by atoms with E-state index in [4.69, 9.17) is 9.72 Å². The minimum absolute atomic E-state index is 0.355. The number of tetrazole rings is 1. The highest BCUT2D eigenvalue weighted by atomic mass is 32.1. The summed E-state index contributed by atoms with van der Waals surface area (Å²) in [7, 11) is 0. The average Bonchev–Trinajstić information content (AvgIpc) is 3.69. The van der Waals surface area contributed by atoms with Crippen molar-refractivity contribution in [3.8, 4) is 22.5 Å². The van der Waals surface area contributed by atoms with Gasteiger partial charge in [0.1, 0.15) is 16.2 Å². The molecule has 1 saturated heterocycles. The van der Waals surface area contributed by atoms with E-state index in [1.54, 1.807) is 0 Å². The Morgan fingerprint density at radius 1 is 1.08 bits per heavy atom. The zero-order valence-electron chi connectivity index (χ0n) is 21.6. The summed E-state index contributed by atoms with van der Waals surface area (Å²) in [4.78, 5) is 21.0. The maximum Gasteiger partial charge on any atom is 0.348 e. The number of thiophene rings is 1. The van der Waals surface area contributed by atoms with Crippen LogP contribution in [0.4, 0.5) is 0 Å². The third kappa shape index (κ3) is 5.08. The number of aromatic nitrogens is 6. The second-order valence-electron chi connectivity index (χ2n) is 9.59. The van der Waals surface area contributed by atoms with Crippen molar-refractivity contribution < 1.29 is 14.6 Å². The highest BCUT2D eigenvalue weighted by molar-refractivity contribution is 7.15. The van der Waals surface area contributed by atoms with Crippen LogP contribution in [0.2, 0.25) is 0 Å². The topological polar surface area (TPSA) is 122 Å². The molecule has 6 rings (SSSR count). The van der Waals surface area contributed by atoms with Gasteiger partial charge >= 0.3 is 5.97 Å². The van der Waals surface area contributed by atoms with Crippen LogP contribution in [0.3, 0.4) is 0 Å². The first kappa shape index (κ1) is 25.4. The number of ether oxygens (including phenoxy) is 1.